The first-order valence-corrected chi connectivity index (χ1v) is 8.12. The van der Waals surface area contributed by atoms with Crippen LogP contribution < -0.4 is 5.73 Å². The Balaban J connectivity index is 2.04. The van der Waals surface area contributed by atoms with Crippen LogP contribution in [0.1, 0.15) is 16.7 Å². The zero-order valence-electron chi connectivity index (χ0n) is 11.6. The molecule has 0 radical (unpaired) electrons. The van der Waals surface area contributed by atoms with Crippen molar-refractivity contribution < 1.29 is 0 Å². The van der Waals surface area contributed by atoms with Crippen LogP contribution in [0.4, 0.5) is 5.69 Å². The lowest BCUT2D eigenvalue weighted by atomic mass is 10.1. The molecular weight excluding hydrogens is 332 g/mol. The third kappa shape index (κ3) is 4.12. The molecule has 2 rings (SSSR count). The van der Waals surface area contributed by atoms with Crippen molar-refractivity contribution in [3.8, 4) is 0 Å². The van der Waals surface area contributed by atoms with Gasteiger partial charge in [0.1, 0.15) is 0 Å². The minimum atomic E-state index is 0.587. The van der Waals surface area contributed by atoms with Gasteiger partial charge >= 0.3 is 0 Å². The fourth-order valence-corrected chi connectivity index (χ4v) is 3.06. The molecule has 0 aromatic heterocycles. The fraction of sp³-hybridized carbons (Fsp3) is 0.188. The second kappa shape index (κ2) is 6.95. The second-order valence-electron chi connectivity index (χ2n) is 4.60. The molecule has 0 bridgehead atoms. The van der Waals surface area contributed by atoms with E-state index in [9.17, 15) is 0 Å². The highest BCUT2D eigenvalue weighted by Gasteiger charge is 2.02. The number of nitrogens with two attached hydrogens (primary N) is 1. The number of nitrogens with zero attached hydrogens (tertiary/aromatic N) is 1. The molecule has 104 valence electrons. The van der Waals surface area contributed by atoms with Crippen molar-refractivity contribution in [2.24, 2.45) is 10.7 Å². The van der Waals surface area contributed by atoms with Gasteiger partial charge in [0.25, 0.3) is 0 Å². The highest BCUT2D eigenvalue weighted by molar-refractivity contribution is 9.10. The molecule has 0 unspecified atom stereocenters. The Morgan fingerprint density at radius 3 is 2.60 bits per heavy atom. The van der Waals surface area contributed by atoms with Gasteiger partial charge in [-0.3, -0.25) is 0 Å². The van der Waals surface area contributed by atoms with Crippen LogP contribution in [0.2, 0.25) is 0 Å². The summed E-state index contributed by atoms with van der Waals surface area (Å²) in [6.45, 7) is 4.17. The van der Waals surface area contributed by atoms with Crippen LogP contribution >= 0.6 is 27.7 Å². The summed E-state index contributed by atoms with van der Waals surface area (Å²) < 4.78 is 1.10. The molecule has 0 aliphatic rings. The molecule has 2 aromatic carbocycles. The molecule has 2 nitrogen and oxygen atoms in total. The Morgan fingerprint density at radius 1 is 1.15 bits per heavy atom. The third-order valence-corrected chi connectivity index (χ3v) is 4.68. The SMILES string of the molecule is Cc1ccc(N=C(N)SCc2ccccc2Br)cc1C. The Kier molecular flexibility index (Phi) is 5.26. The zero-order valence-corrected chi connectivity index (χ0v) is 14.0. The van der Waals surface area contributed by atoms with E-state index in [1.54, 1.807) is 11.8 Å². The fourth-order valence-electron chi connectivity index (χ4n) is 1.72. The van der Waals surface area contributed by atoms with Gasteiger partial charge in [0, 0.05) is 10.2 Å². The van der Waals surface area contributed by atoms with Gasteiger partial charge in [-0.2, -0.15) is 0 Å². The summed E-state index contributed by atoms with van der Waals surface area (Å²) in [5, 5.41) is 0.587. The van der Waals surface area contributed by atoms with Crippen LogP contribution in [0.3, 0.4) is 0 Å². The zero-order chi connectivity index (χ0) is 14.5. The Bertz CT molecular complexity index is 638. The van der Waals surface area contributed by atoms with Crippen LogP contribution in [-0.4, -0.2) is 5.17 Å². The van der Waals surface area contributed by atoms with Crippen molar-refractivity contribution in [2.75, 3.05) is 0 Å². The first kappa shape index (κ1) is 15.1. The van der Waals surface area contributed by atoms with E-state index < -0.39 is 0 Å². The summed E-state index contributed by atoms with van der Waals surface area (Å²) in [5.41, 5.74) is 10.6. The minimum Gasteiger partial charge on any atom is -0.378 e. The lowest BCUT2D eigenvalue weighted by Crippen LogP contribution is -2.06. The third-order valence-electron chi connectivity index (χ3n) is 3.06. The number of thioether (sulfide) groups is 1. The average Bonchev–Trinajstić information content (AvgIpc) is 2.42. The topological polar surface area (TPSA) is 38.4 Å². The Hall–Kier alpha value is -1.26. The van der Waals surface area contributed by atoms with Gasteiger partial charge in [-0.15, -0.1) is 0 Å². The molecule has 0 saturated heterocycles. The maximum atomic E-state index is 5.99. The number of halogens is 1. The van der Waals surface area contributed by atoms with E-state index in [0.717, 1.165) is 15.9 Å². The summed E-state index contributed by atoms with van der Waals surface area (Å²) in [6.07, 6.45) is 0. The monoisotopic (exact) mass is 348 g/mol. The van der Waals surface area contributed by atoms with Gasteiger partial charge in [0.05, 0.1) is 5.69 Å². The molecule has 2 aromatic rings. The summed E-state index contributed by atoms with van der Waals surface area (Å²) in [4.78, 5) is 4.45. The van der Waals surface area contributed by atoms with Crippen molar-refractivity contribution in [2.45, 2.75) is 19.6 Å². The Labute approximate surface area is 132 Å². The van der Waals surface area contributed by atoms with Crippen molar-refractivity contribution in [3.05, 3.63) is 63.6 Å². The molecule has 2 N–H and O–H groups in total. The highest BCUT2D eigenvalue weighted by atomic mass is 79.9. The van der Waals surface area contributed by atoms with Gasteiger partial charge in [-0.05, 0) is 48.7 Å². The van der Waals surface area contributed by atoms with Gasteiger partial charge in [-0.25, -0.2) is 4.99 Å². The van der Waals surface area contributed by atoms with Crippen molar-refractivity contribution in [1.82, 2.24) is 0 Å². The lowest BCUT2D eigenvalue weighted by Gasteiger charge is -2.05. The van der Waals surface area contributed by atoms with Gasteiger partial charge in [-0.1, -0.05) is 52.0 Å². The molecular formula is C16H17BrN2S. The number of hydrogen-bond acceptors (Lipinski definition) is 2. The first-order valence-electron chi connectivity index (χ1n) is 6.34. The lowest BCUT2D eigenvalue weighted by molar-refractivity contribution is 1.32. The molecule has 0 amide bonds. The van der Waals surface area contributed by atoms with E-state index in [2.05, 4.69) is 53.0 Å². The Morgan fingerprint density at radius 2 is 1.90 bits per heavy atom. The first-order chi connectivity index (χ1) is 9.56. The molecule has 20 heavy (non-hydrogen) atoms. The summed E-state index contributed by atoms with van der Waals surface area (Å²) >= 11 is 5.08. The van der Waals surface area contributed by atoms with Gasteiger partial charge in [0.15, 0.2) is 5.17 Å². The van der Waals surface area contributed by atoms with Gasteiger partial charge < -0.3 is 5.73 Å². The summed E-state index contributed by atoms with van der Waals surface area (Å²) in [5.74, 6) is 0.807. The molecule has 0 saturated carbocycles. The molecule has 0 spiro atoms. The highest BCUT2D eigenvalue weighted by Crippen LogP contribution is 2.23. The van der Waals surface area contributed by atoms with Crippen LogP contribution in [0.5, 0.6) is 0 Å². The second-order valence-corrected chi connectivity index (χ2v) is 6.45. The molecule has 0 fully saturated rings. The number of rotatable bonds is 3. The van der Waals surface area contributed by atoms with Crippen molar-refractivity contribution in [3.63, 3.8) is 0 Å². The minimum absolute atomic E-state index is 0.587. The van der Waals surface area contributed by atoms with E-state index in [1.807, 2.05) is 24.3 Å². The van der Waals surface area contributed by atoms with E-state index >= 15 is 0 Å². The largest absolute Gasteiger partial charge is 0.378 e. The normalized spacial score (nSPS) is 11.7. The van der Waals surface area contributed by atoms with Crippen LogP contribution in [0, 0.1) is 13.8 Å². The molecule has 0 atom stereocenters. The molecule has 0 aliphatic carbocycles. The average molecular weight is 349 g/mol. The quantitative estimate of drug-likeness (QED) is 0.629. The number of hydrogen-bond donors (Lipinski definition) is 1. The van der Waals surface area contributed by atoms with Crippen LogP contribution in [0.25, 0.3) is 0 Å². The molecule has 0 heterocycles. The number of aryl methyl sites for hydroxylation is 2. The van der Waals surface area contributed by atoms with Crippen molar-refractivity contribution in [1.29, 1.82) is 0 Å². The molecule has 0 aliphatic heterocycles. The number of amidine groups is 1. The van der Waals surface area contributed by atoms with E-state index in [4.69, 9.17) is 5.73 Å². The van der Waals surface area contributed by atoms with E-state index in [-0.39, 0.29) is 0 Å². The predicted octanol–water partition coefficient (Wildman–Crippen LogP) is 4.95. The predicted molar refractivity (Wildman–Crippen MR) is 92.6 cm³/mol. The van der Waals surface area contributed by atoms with E-state index in [0.29, 0.717) is 5.17 Å². The summed E-state index contributed by atoms with van der Waals surface area (Å²) in [6, 6.07) is 14.3. The maximum absolute atomic E-state index is 5.99. The number of aliphatic imine (C=N–C) groups is 1. The smallest absolute Gasteiger partial charge is 0.159 e. The summed E-state index contributed by atoms with van der Waals surface area (Å²) in [7, 11) is 0. The van der Waals surface area contributed by atoms with Crippen LogP contribution in [-0.2, 0) is 5.75 Å². The maximum Gasteiger partial charge on any atom is 0.159 e. The van der Waals surface area contributed by atoms with E-state index in [1.165, 1.54) is 16.7 Å². The number of benzene rings is 2. The molecule has 4 heteroatoms. The van der Waals surface area contributed by atoms with Gasteiger partial charge in [0.2, 0.25) is 0 Å². The van der Waals surface area contributed by atoms with Crippen LogP contribution in [0.15, 0.2) is 51.9 Å². The standard InChI is InChI=1S/C16H17BrN2S/c1-11-7-8-14(9-12(11)2)19-16(18)20-10-13-5-3-4-6-15(13)17/h3-9H,10H2,1-2H3,(H2,18,19). The van der Waals surface area contributed by atoms with Crippen molar-refractivity contribution >= 4 is 38.5 Å².